The van der Waals surface area contributed by atoms with Gasteiger partial charge in [-0.15, -0.1) is 0 Å². The summed E-state index contributed by atoms with van der Waals surface area (Å²) in [6.45, 7) is 6.46. The van der Waals surface area contributed by atoms with Crippen LogP contribution in [0.3, 0.4) is 0 Å². The molecule has 0 aliphatic rings. The molecule has 0 saturated heterocycles. The average molecular weight is 291 g/mol. The fraction of sp³-hybridized carbons (Fsp3) is 0.929. The quantitative estimate of drug-likeness (QED) is 0.430. The second-order valence-corrected chi connectivity index (χ2v) is 7.01. The van der Waals surface area contributed by atoms with Crippen molar-refractivity contribution >= 4 is 27.4 Å². The average Bonchev–Trinajstić information content (AvgIpc) is 2.34. The SMILES string of the molecule is CCCCCCCC(=O)SCCCC(C)(C)O[SiH3]. The van der Waals surface area contributed by atoms with Crippen molar-refractivity contribution < 1.29 is 9.22 Å². The van der Waals surface area contributed by atoms with E-state index in [1.165, 1.54) is 37.4 Å². The van der Waals surface area contributed by atoms with Gasteiger partial charge in [-0.25, -0.2) is 0 Å². The molecule has 0 N–H and O–H groups in total. The largest absolute Gasteiger partial charge is 0.423 e. The van der Waals surface area contributed by atoms with Crippen LogP contribution >= 0.6 is 11.8 Å². The summed E-state index contributed by atoms with van der Waals surface area (Å²) < 4.78 is 5.49. The Hall–Kier alpha value is 0.197. The van der Waals surface area contributed by atoms with E-state index >= 15 is 0 Å². The Balaban J connectivity index is 3.37. The molecule has 2 nitrogen and oxygen atoms in total. The third kappa shape index (κ3) is 11.3. The minimum Gasteiger partial charge on any atom is -0.423 e. The summed E-state index contributed by atoms with van der Waals surface area (Å²) in [5.74, 6) is 0.947. The van der Waals surface area contributed by atoms with E-state index in [9.17, 15) is 4.79 Å². The van der Waals surface area contributed by atoms with E-state index in [4.69, 9.17) is 4.43 Å². The molecule has 0 aromatic rings. The van der Waals surface area contributed by atoms with Gasteiger partial charge >= 0.3 is 0 Å². The minimum absolute atomic E-state index is 0.00990. The third-order valence-corrected chi connectivity index (χ3v) is 5.35. The van der Waals surface area contributed by atoms with Gasteiger partial charge < -0.3 is 4.43 Å². The van der Waals surface area contributed by atoms with Crippen LogP contribution in [-0.4, -0.2) is 27.0 Å². The number of unbranched alkanes of at least 4 members (excludes halogenated alkanes) is 4. The van der Waals surface area contributed by atoms with Crippen molar-refractivity contribution in [3.05, 3.63) is 0 Å². The molecule has 108 valence electrons. The summed E-state index contributed by atoms with van der Waals surface area (Å²) in [5.41, 5.74) is 0.00990. The molecule has 0 rings (SSSR count). The lowest BCUT2D eigenvalue weighted by molar-refractivity contribution is -0.111. The normalized spacial score (nSPS) is 11.9. The summed E-state index contributed by atoms with van der Waals surface area (Å²) in [7, 11) is 0.790. The smallest absolute Gasteiger partial charge is 0.188 e. The zero-order valence-corrected chi connectivity index (χ0v) is 15.4. The van der Waals surface area contributed by atoms with Gasteiger partial charge in [0, 0.05) is 17.8 Å². The summed E-state index contributed by atoms with van der Waals surface area (Å²) in [4.78, 5) is 11.6. The van der Waals surface area contributed by atoms with Crippen molar-refractivity contribution in [2.45, 2.75) is 77.7 Å². The summed E-state index contributed by atoms with van der Waals surface area (Å²) in [6, 6.07) is 0. The van der Waals surface area contributed by atoms with Crippen molar-refractivity contribution in [3.63, 3.8) is 0 Å². The Morgan fingerprint density at radius 3 is 2.44 bits per heavy atom. The van der Waals surface area contributed by atoms with Gasteiger partial charge in [0.25, 0.3) is 0 Å². The molecule has 0 fully saturated rings. The van der Waals surface area contributed by atoms with Crippen LogP contribution in [0.5, 0.6) is 0 Å². The van der Waals surface area contributed by atoms with E-state index in [0.717, 1.165) is 41.9 Å². The number of hydrogen-bond acceptors (Lipinski definition) is 3. The number of hydrogen-bond donors (Lipinski definition) is 0. The molecule has 0 bridgehead atoms. The first-order chi connectivity index (χ1) is 8.52. The second-order valence-electron chi connectivity index (χ2n) is 5.45. The van der Waals surface area contributed by atoms with Crippen molar-refractivity contribution in [1.29, 1.82) is 0 Å². The fourth-order valence-electron chi connectivity index (χ4n) is 1.73. The van der Waals surface area contributed by atoms with Crippen LogP contribution < -0.4 is 0 Å². The zero-order chi connectivity index (χ0) is 13.9. The highest BCUT2D eigenvalue weighted by molar-refractivity contribution is 8.13. The van der Waals surface area contributed by atoms with Gasteiger partial charge in [0.2, 0.25) is 0 Å². The maximum Gasteiger partial charge on any atom is 0.188 e. The van der Waals surface area contributed by atoms with E-state index < -0.39 is 0 Å². The molecule has 18 heavy (non-hydrogen) atoms. The molecule has 0 atom stereocenters. The summed E-state index contributed by atoms with van der Waals surface area (Å²) >= 11 is 1.51. The Kier molecular flexibility index (Phi) is 11.2. The van der Waals surface area contributed by atoms with Crippen molar-refractivity contribution in [1.82, 2.24) is 0 Å². The van der Waals surface area contributed by atoms with Gasteiger partial charge in [-0.3, -0.25) is 4.79 Å². The standard InChI is InChI=1S/C14H30O2SSi/c1-4-5-6-7-8-10-13(15)17-12-9-11-14(2,3)16-18/h4-12H2,1-3,18H3. The first kappa shape index (κ1) is 18.2. The first-order valence-electron chi connectivity index (χ1n) is 7.22. The summed E-state index contributed by atoms with van der Waals surface area (Å²) in [5, 5.41) is 0.371. The van der Waals surface area contributed by atoms with E-state index in [0.29, 0.717) is 5.12 Å². The van der Waals surface area contributed by atoms with E-state index in [-0.39, 0.29) is 5.60 Å². The number of thioether (sulfide) groups is 1. The molecular formula is C14H30O2SSi. The number of carbonyl (C=O) groups excluding carboxylic acids is 1. The number of carbonyl (C=O) groups is 1. The van der Waals surface area contributed by atoms with E-state index in [1.807, 2.05) is 0 Å². The Bertz CT molecular complexity index is 220. The molecular weight excluding hydrogens is 260 g/mol. The maximum absolute atomic E-state index is 11.6. The van der Waals surface area contributed by atoms with Gasteiger partial charge in [-0.05, 0) is 33.1 Å². The molecule has 0 radical (unpaired) electrons. The molecule has 0 heterocycles. The van der Waals surface area contributed by atoms with Crippen molar-refractivity contribution in [2.24, 2.45) is 0 Å². The molecule has 0 aromatic heterocycles. The maximum atomic E-state index is 11.6. The molecule has 0 amide bonds. The third-order valence-electron chi connectivity index (χ3n) is 3.22. The molecule has 0 aliphatic carbocycles. The monoisotopic (exact) mass is 290 g/mol. The van der Waals surface area contributed by atoms with Gasteiger partial charge in [0.05, 0.1) is 0 Å². The lowest BCUT2D eigenvalue weighted by Crippen LogP contribution is -2.23. The van der Waals surface area contributed by atoms with Gasteiger partial charge in [0.15, 0.2) is 5.12 Å². The van der Waals surface area contributed by atoms with Crippen LogP contribution in [0.15, 0.2) is 0 Å². The predicted molar refractivity (Wildman–Crippen MR) is 85.2 cm³/mol. The molecule has 0 aliphatic heterocycles. The highest BCUT2D eigenvalue weighted by Crippen LogP contribution is 2.18. The topological polar surface area (TPSA) is 26.3 Å². The Labute approximate surface area is 120 Å². The Morgan fingerprint density at radius 1 is 1.17 bits per heavy atom. The van der Waals surface area contributed by atoms with Gasteiger partial charge in [-0.2, -0.15) is 0 Å². The highest BCUT2D eigenvalue weighted by atomic mass is 32.2. The van der Waals surface area contributed by atoms with Crippen LogP contribution in [-0.2, 0) is 9.22 Å². The molecule has 0 unspecified atom stereocenters. The predicted octanol–water partition coefficient (Wildman–Crippen LogP) is 3.46. The van der Waals surface area contributed by atoms with Crippen LogP contribution in [0.4, 0.5) is 0 Å². The number of rotatable bonds is 11. The Morgan fingerprint density at radius 2 is 1.83 bits per heavy atom. The van der Waals surface area contributed by atoms with Crippen LogP contribution in [0, 0.1) is 0 Å². The summed E-state index contributed by atoms with van der Waals surface area (Å²) in [6.07, 6.45) is 9.00. The van der Waals surface area contributed by atoms with Crippen LogP contribution in [0.1, 0.15) is 72.1 Å². The van der Waals surface area contributed by atoms with E-state index in [2.05, 4.69) is 20.8 Å². The highest BCUT2D eigenvalue weighted by Gasteiger charge is 2.14. The fourth-order valence-corrected chi connectivity index (χ4v) is 2.74. The second kappa shape index (κ2) is 11.1. The van der Waals surface area contributed by atoms with Crippen LogP contribution in [0.2, 0.25) is 0 Å². The lowest BCUT2D eigenvalue weighted by Gasteiger charge is -2.23. The van der Waals surface area contributed by atoms with Crippen molar-refractivity contribution in [3.8, 4) is 0 Å². The molecule has 4 heteroatoms. The first-order valence-corrected chi connectivity index (χ1v) is 9.03. The van der Waals surface area contributed by atoms with Crippen molar-refractivity contribution in [2.75, 3.05) is 5.75 Å². The van der Waals surface area contributed by atoms with Gasteiger partial charge in [-0.1, -0.05) is 44.4 Å². The molecule has 0 saturated carbocycles. The van der Waals surface area contributed by atoms with Gasteiger partial charge in [0.1, 0.15) is 10.5 Å². The van der Waals surface area contributed by atoms with Crippen LogP contribution in [0.25, 0.3) is 0 Å². The molecule has 0 spiro atoms. The van der Waals surface area contributed by atoms with E-state index in [1.54, 1.807) is 0 Å². The zero-order valence-electron chi connectivity index (χ0n) is 12.6. The minimum atomic E-state index is 0.00990. The molecule has 0 aromatic carbocycles. The lowest BCUT2D eigenvalue weighted by atomic mass is 10.0.